The highest BCUT2D eigenvalue weighted by molar-refractivity contribution is 7.92. The van der Waals surface area contributed by atoms with Crippen LogP contribution >= 0.6 is 0 Å². The van der Waals surface area contributed by atoms with Gasteiger partial charge < -0.3 is 5.32 Å². The number of hydrogen-bond acceptors (Lipinski definition) is 3. The smallest absolute Gasteiger partial charge is 0.232 e. The zero-order chi connectivity index (χ0) is 21.7. The molecule has 29 heavy (non-hydrogen) atoms. The molecule has 2 aromatic rings. The SMILES string of the molecule is Cc1ccc(N(CCCC(=O)NC(C)(C)Cc2ccccc2)S(C)(=O)=O)cc1C. The van der Waals surface area contributed by atoms with Crippen molar-refractivity contribution in [2.45, 2.75) is 52.5 Å². The summed E-state index contributed by atoms with van der Waals surface area (Å²) in [5, 5.41) is 3.07. The number of hydrogen-bond donors (Lipinski definition) is 1. The van der Waals surface area contributed by atoms with Crippen molar-refractivity contribution >= 4 is 21.6 Å². The molecule has 0 aromatic heterocycles. The Morgan fingerprint density at radius 2 is 1.69 bits per heavy atom. The van der Waals surface area contributed by atoms with E-state index in [-0.39, 0.29) is 24.4 Å². The number of amides is 1. The largest absolute Gasteiger partial charge is 0.351 e. The number of nitrogens with zero attached hydrogens (tertiary/aromatic N) is 1. The third-order valence-corrected chi connectivity index (χ3v) is 6.10. The predicted octanol–water partition coefficient (Wildman–Crippen LogP) is 3.99. The Morgan fingerprint density at radius 1 is 1.03 bits per heavy atom. The van der Waals surface area contributed by atoms with Gasteiger partial charge in [0.2, 0.25) is 15.9 Å². The average Bonchev–Trinajstić information content (AvgIpc) is 2.60. The predicted molar refractivity (Wildman–Crippen MR) is 120 cm³/mol. The van der Waals surface area contributed by atoms with Crippen LogP contribution in [-0.2, 0) is 21.2 Å². The third kappa shape index (κ3) is 7.20. The minimum atomic E-state index is -3.42. The summed E-state index contributed by atoms with van der Waals surface area (Å²) in [5.41, 5.74) is 3.58. The number of sulfonamides is 1. The molecule has 0 aliphatic carbocycles. The van der Waals surface area contributed by atoms with Gasteiger partial charge in [-0.3, -0.25) is 9.10 Å². The molecule has 0 radical (unpaired) electrons. The lowest BCUT2D eigenvalue weighted by molar-refractivity contribution is -0.122. The van der Waals surface area contributed by atoms with Crippen LogP contribution in [0.1, 0.15) is 43.4 Å². The van der Waals surface area contributed by atoms with Gasteiger partial charge in [0.25, 0.3) is 0 Å². The van der Waals surface area contributed by atoms with Gasteiger partial charge in [0, 0.05) is 18.5 Å². The Hall–Kier alpha value is -2.34. The molecule has 0 saturated heterocycles. The van der Waals surface area contributed by atoms with Crippen LogP contribution in [0.15, 0.2) is 48.5 Å². The summed E-state index contributed by atoms with van der Waals surface area (Å²) in [6.07, 6.45) is 2.66. The standard InChI is InChI=1S/C23H32N2O3S/c1-18-13-14-21(16-19(18)2)25(29(5,27)28)15-9-12-22(26)24-23(3,4)17-20-10-7-6-8-11-20/h6-8,10-11,13-14,16H,9,12,15,17H2,1-5H3,(H,24,26). The van der Waals surface area contributed by atoms with Gasteiger partial charge in [-0.1, -0.05) is 36.4 Å². The van der Waals surface area contributed by atoms with Crippen molar-refractivity contribution < 1.29 is 13.2 Å². The van der Waals surface area contributed by atoms with Gasteiger partial charge in [0.1, 0.15) is 0 Å². The average molecular weight is 417 g/mol. The zero-order valence-corrected chi connectivity index (χ0v) is 18.8. The van der Waals surface area contributed by atoms with Crippen LogP contribution in [0.4, 0.5) is 5.69 Å². The summed E-state index contributed by atoms with van der Waals surface area (Å²) < 4.78 is 25.9. The fourth-order valence-electron chi connectivity index (χ4n) is 3.34. The summed E-state index contributed by atoms with van der Waals surface area (Å²) in [5.74, 6) is -0.0699. The van der Waals surface area contributed by atoms with Gasteiger partial charge in [0.05, 0.1) is 11.9 Å². The highest BCUT2D eigenvalue weighted by Gasteiger charge is 2.22. The van der Waals surface area contributed by atoms with E-state index in [1.54, 1.807) is 0 Å². The molecule has 2 rings (SSSR count). The van der Waals surface area contributed by atoms with Crippen molar-refractivity contribution in [3.63, 3.8) is 0 Å². The van der Waals surface area contributed by atoms with Crippen molar-refractivity contribution in [1.29, 1.82) is 0 Å². The highest BCUT2D eigenvalue weighted by Crippen LogP contribution is 2.22. The molecule has 0 saturated carbocycles. The minimum Gasteiger partial charge on any atom is -0.351 e. The van der Waals surface area contributed by atoms with Gasteiger partial charge in [-0.05, 0) is 69.4 Å². The number of nitrogens with one attached hydrogen (secondary N) is 1. The number of carbonyl (C=O) groups is 1. The number of aryl methyl sites for hydroxylation is 2. The minimum absolute atomic E-state index is 0.0699. The fourth-order valence-corrected chi connectivity index (χ4v) is 4.30. The lowest BCUT2D eigenvalue weighted by Crippen LogP contribution is -2.45. The van der Waals surface area contributed by atoms with E-state index in [1.807, 2.05) is 76.2 Å². The Morgan fingerprint density at radius 3 is 2.28 bits per heavy atom. The number of carbonyl (C=O) groups excluding carboxylic acids is 1. The summed E-state index contributed by atoms with van der Waals surface area (Å²) >= 11 is 0. The summed E-state index contributed by atoms with van der Waals surface area (Å²) in [7, 11) is -3.42. The van der Waals surface area contributed by atoms with Gasteiger partial charge in [-0.2, -0.15) is 0 Å². The maximum Gasteiger partial charge on any atom is 0.232 e. The molecule has 0 heterocycles. The van der Waals surface area contributed by atoms with E-state index in [2.05, 4.69) is 5.32 Å². The van der Waals surface area contributed by atoms with Crippen molar-refractivity contribution in [2.75, 3.05) is 17.1 Å². The molecule has 0 fully saturated rings. The van der Waals surface area contributed by atoms with E-state index in [0.717, 1.165) is 23.1 Å². The first-order chi connectivity index (χ1) is 13.5. The van der Waals surface area contributed by atoms with Gasteiger partial charge in [0.15, 0.2) is 0 Å². The van der Waals surface area contributed by atoms with Crippen molar-refractivity contribution in [1.82, 2.24) is 5.32 Å². The molecule has 158 valence electrons. The summed E-state index contributed by atoms with van der Waals surface area (Å²) in [6.45, 7) is 8.21. The van der Waals surface area contributed by atoms with Crippen LogP contribution in [0.25, 0.3) is 0 Å². The topological polar surface area (TPSA) is 66.5 Å². The molecular weight excluding hydrogens is 384 g/mol. The quantitative estimate of drug-likeness (QED) is 0.672. The monoisotopic (exact) mass is 416 g/mol. The molecule has 0 spiro atoms. The van der Waals surface area contributed by atoms with Gasteiger partial charge >= 0.3 is 0 Å². The van der Waals surface area contributed by atoms with E-state index in [9.17, 15) is 13.2 Å². The van der Waals surface area contributed by atoms with Crippen LogP contribution in [0.2, 0.25) is 0 Å². The van der Waals surface area contributed by atoms with Gasteiger partial charge in [-0.25, -0.2) is 8.42 Å². The maximum absolute atomic E-state index is 12.4. The normalized spacial score (nSPS) is 11.9. The molecule has 0 aliphatic rings. The lowest BCUT2D eigenvalue weighted by atomic mass is 9.94. The van der Waals surface area contributed by atoms with Crippen LogP contribution in [0, 0.1) is 13.8 Å². The first kappa shape index (κ1) is 22.9. The second-order valence-electron chi connectivity index (χ2n) is 8.30. The van der Waals surface area contributed by atoms with E-state index < -0.39 is 10.0 Å². The van der Waals surface area contributed by atoms with Crippen LogP contribution in [0.3, 0.4) is 0 Å². The lowest BCUT2D eigenvalue weighted by Gasteiger charge is -2.27. The van der Waals surface area contributed by atoms with E-state index in [1.165, 1.54) is 10.6 Å². The molecule has 5 nitrogen and oxygen atoms in total. The number of rotatable bonds is 9. The molecule has 1 amide bonds. The van der Waals surface area contributed by atoms with Crippen molar-refractivity contribution in [3.8, 4) is 0 Å². The highest BCUT2D eigenvalue weighted by atomic mass is 32.2. The molecule has 2 aromatic carbocycles. The zero-order valence-electron chi connectivity index (χ0n) is 18.0. The fraction of sp³-hybridized carbons (Fsp3) is 0.435. The third-order valence-electron chi connectivity index (χ3n) is 4.91. The van der Waals surface area contributed by atoms with Crippen molar-refractivity contribution in [2.24, 2.45) is 0 Å². The number of benzene rings is 2. The van der Waals surface area contributed by atoms with E-state index in [4.69, 9.17) is 0 Å². The Balaban J connectivity index is 1.94. The molecular formula is C23H32N2O3S. The molecule has 6 heteroatoms. The Kier molecular flexibility index (Phi) is 7.47. The van der Waals surface area contributed by atoms with E-state index in [0.29, 0.717) is 12.1 Å². The first-order valence-electron chi connectivity index (χ1n) is 9.88. The Labute approximate surface area is 175 Å². The van der Waals surface area contributed by atoms with Crippen LogP contribution < -0.4 is 9.62 Å². The van der Waals surface area contributed by atoms with Gasteiger partial charge in [-0.15, -0.1) is 0 Å². The molecule has 0 atom stereocenters. The van der Waals surface area contributed by atoms with Crippen LogP contribution in [-0.4, -0.2) is 32.7 Å². The number of anilines is 1. The summed E-state index contributed by atoms with van der Waals surface area (Å²) in [4.78, 5) is 12.4. The second-order valence-corrected chi connectivity index (χ2v) is 10.2. The Bertz CT molecular complexity index is 938. The molecule has 0 unspecified atom stereocenters. The summed E-state index contributed by atoms with van der Waals surface area (Å²) in [6, 6.07) is 15.6. The molecule has 1 N–H and O–H groups in total. The van der Waals surface area contributed by atoms with E-state index >= 15 is 0 Å². The van der Waals surface area contributed by atoms with Crippen LogP contribution in [0.5, 0.6) is 0 Å². The second kappa shape index (κ2) is 9.44. The van der Waals surface area contributed by atoms with Crippen molar-refractivity contribution in [3.05, 3.63) is 65.2 Å². The maximum atomic E-state index is 12.4. The first-order valence-corrected chi connectivity index (χ1v) is 11.7. The molecule has 0 aliphatic heterocycles. The molecule has 0 bridgehead atoms.